The lowest BCUT2D eigenvalue weighted by Crippen LogP contribution is -2.45. The standard InChI is InChI=1S/C8H11NO2/c1-8(2)3-4-5(8)7(11)9-6(4)10/h4-5H,3H2,1-2H3,(H,9,10,11)/t4-,5+/m0/s1. The molecule has 3 heteroatoms. The first kappa shape index (κ1) is 6.83. The van der Waals surface area contributed by atoms with E-state index >= 15 is 0 Å². The lowest BCUT2D eigenvalue weighted by atomic mass is 9.57. The van der Waals surface area contributed by atoms with Crippen LogP contribution in [0.4, 0.5) is 0 Å². The Labute approximate surface area is 65.2 Å². The minimum atomic E-state index is -0.0729. The summed E-state index contributed by atoms with van der Waals surface area (Å²) >= 11 is 0. The van der Waals surface area contributed by atoms with Crippen LogP contribution in [-0.2, 0) is 9.59 Å². The van der Waals surface area contributed by atoms with E-state index in [2.05, 4.69) is 5.32 Å². The number of hydrogen-bond acceptors (Lipinski definition) is 2. The van der Waals surface area contributed by atoms with Gasteiger partial charge in [0.2, 0.25) is 11.8 Å². The normalized spacial score (nSPS) is 39.5. The Morgan fingerprint density at radius 1 is 1.36 bits per heavy atom. The van der Waals surface area contributed by atoms with Crippen LogP contribution in [0.15, 0.2) is 0 Å². The molecule has 1 N–H and O–H groups in total. The molecule has 0 aromatic carbocycles. The third kappa shape index (κ3) is 0.682. The van der Waals surface area contributed by atoms with Gasteiger partial charge in [-0.3, -0.25) is 14.9 Å². The van der Waals surface area contributed by atoms with Crippen molar-refractivity contribution in [2.75, 3.05) is 0 Å². The third-order valence-corrected chi connectivity index (χ3v) is 2.86. The molecule has 1 aliphatic carbocycles. The topological polar surface area (TPSA) is 46.2 Å². The summed E-state index contributed by atoms with van der Waals surface area (Å²) in [6, 6.07) is 0. The van der Waals surface area contributed by atoms with Gasteiger partial charge in [0.1, 0.15) is 0 Å². The van der Waals surface area contributed by atoms with Gasteiger partial charge in [0.15, 0.2) is 0 Å². The Morgan fingerprint density at radius 2 is 2.00 bits per heavy atom. The van der Waals surface area contributed by atoms with Crippen molar-refractivity contribution in [3.63, 3.8) is 0 Å². The Morgan fingerprint density at radius 3 is 2.36 bits per heavy atom. The first-order valence-electron chi connectivity index (χ1n) is 3.87. The van der Waals surface area contributed by atoms with E-state index in [0.29, 0.717) is 0 Å². The largest absolute Gasteiger partial charge is 0.296 e. The van der Waals surface area contributed by atoms with Crippen molar-refractivity contribution in [1.29, 1.82) is 0 Å². The lowest BCUT2D eigenvalue weighted by molar-refractivity contribution is -0.135. The zero-order valence-corrected chi connectivity index (χ0v) is 6.68. The minimum absolute atomic E-state index is 0.0162. The van der Waals surface area contributed by atoms with E-state index in [1.165, 1.54) is 0 Å². The smallest absolute Gasteiger partial charge is 0.231 e. The molecule has 0 aromatic rings. The molecular formula is C8H11NO2. The van der Waals surface area contributed by atoms with Crippen LogP contribution in [0, 0.1) is 17.3 Å². The highest BCUT2D eigenvalue weighted by Gasteiger charge is 2.58. The van der Waals surface area contributed by atoms with Crippen LogP contribution < -0.4 is 5.32 Å². The zero-order chi connectivity index (χ0) is 8.22. The number of rotatable bonds is 0. The maximum Gasteiger partial charge on any atom is 0.231 e. The molecule has 0 bridgehead atoms. The number of carbonyl (C=O) groups is 2. The minimum Gasteiger partial charge on any atom is -0.296 e. The Bertz CT molecular complexity index is 244. The maximum absolute atomic E-state index is 11.1. The van der Waals surface area contributed by atoms with E-state index in [1.807, 2.05) is 13.8 Å². The Balaban J connectivity index is 2.28. The summed E-state index contributed by atoms with van der Waals surface area (Å²) in [4.78, 5) is 22.1. The third-order valence-electron chi connectivity index (χ3n) is 2.86. The number of nitrogens with one attached hydrogen (secondary N) is 1. The molecule has 1 heterocycles. The van der Waals surface area contributed by atoms with Crippen molar-refractivity contribution in [2.24, 2.45) is 17.3 Å². The summed E-state index contributed by atoms with van der Waals surface area (Å²) < 4.78 is 0. The SMILES string of the molecule is CC1(C)C[C@@H]2C(=O)NC(=O)[C@@H]21. The van der Waals surface area contributed by atoms with Crippen LogP contribution in [0.5, 0.6) is 0 Å². The van der Waals surface area contributed by atoms with Crippen molar-refractivity contribution >= 4 is 11.8 Å². The number of hydrogen-bond donors (Lipinski definition) is 1. The molecule has 2 fully saturated rings. The van der Waals surface area contributed by atoms with Crippen molar-refractivity contribution < 1.29 is 9.59 Å². The summed E-state index contributed by atoms with van der Waals surface area (Å²) in [5.41, 5.74) is 0.0426. The molecule has 1 saturated heterocycles. The molecule has 2 aliphatic rings. The molecule has 2 rings (SSSR count). The molecular weight excluding hydrogens is 142 g/mol. The highest BCUT2D eigenvalue weighted by Crippen LogP contribution is 2.52. The van der Waals surface area contributed by atoms with Gasteiger partial charge in [0.05, 0.1) is 11.8 Å². The van der Waals surface area contributed by atoms with Crippen LogP contribution in [-0.4, -0.2) is 11.8 Å². The van der Waals surface area contributed by atoms with Crippen LogP contribution in [0.2, 0.25) is 0 Å². The van der Waals surface area contributed by atoms with Crippen LogP contribution >= 0.6 is 0 Å². The summed E-state index contributed by atoms with van der Waals surface area (Å²) in [6.45, 7) is 4.07. The Hall–Kier alpha value is -0.860. The van der Waals surface area contributed by atoms with Gasteiger partial charge in [-0.2, -0.15) is 0 Å². The second kappa shape index (κ2) is 1.65. The van der Waals surface area contributed by atoms with E-state index in [4.69, 9.17) is 0 Å². The first-order chi connectivity index (χ1) is 5.02. The summed E-state index contributed by atoms with van der Waals surface area (Å²) in [7, 11) is 0. The number of amides is 2. The Kier molecular flexibility index (Phi) is 1.03. The van der Waals surface area contributed by atoms with Crippen molar-refractivity contribution in [2.45, 2.75) is 20.3 Å². The fraction of sp³-hybridized carbons (Fsp3) is 0.750. The number of imide groups is 1. The molecule has 2 amide bonds. The number of carbonyl (C=O) groups excluding carboxylic acids is 2. The molecule has 1 saturated carbocycles. The quantitative estimate of drug-likeness (QED) is 0.509. The van der Waals surface area contributed by atoms with Crippen LogP contribution in [0.1, 0.15) is 20.3 Å². The predicted octanol–water partition coefficient (Wildman–Crippen LogP) is 0.305. The molecule has 1 aliphatic heterocycles. The van der Waals surface area contributed by atoms with E-state index in [9.17, 15) is 9.59 Å². The fourth-order valence-corrected chi connectivity index (χ4v) is 2.27. The monoisotopic (exact) mass is 153 g/mol. The molecule has 3 nitrogen and oxygen atoms in total. The highest BCUT2D eigenvalue weighted by atomic mass is 16.2. The summed E-state index contributed by atoms with van der Waals surface area (Å²) in [6.07, 6.45) is 0.856. The molecule has 0 spiro atoms. The molecule has 0 aromatic heterocycles. The average molecular weight is 153 g/mol. The van der Waals surface area contributed by atoms with Gasteiger partial charge < -0.3 is 0 Å². The van der Waals surface area contributed by atoms with Crippen molar-refractivity contribution in [3.05, 3.63) is 0 Å². The van der Waals surface area contributed by atoms with Gasteiger partial charge in [0, 0.05) is 0 Å². The van der Waals surface area contributed by atoms with Gasteiger partial charge in [-0.15, -0.1) is 0 Å². The van der Waals surface area contributed by atoms with Crippen molar-refractivity contribution in [1.82, 2.24) is 5.32 Å². The molecule has 2 atom stereocenters. The summed E-state index contributed by atoms with van der Waals surface area (Å²) in [5, 5.41) is 2.36. The molecule has 11 heavy (non-hydrogen) atoms. The van der Waals surface area contributed by atoms with Crippen LogP contribution in [0.3, 0.4) is 0 Å². The summed E-state index contributed by atoms with van der Waals surface area (Å²) in [5.74, 6) is -0.205. The van der Waals surface area contributed by atoms with E-state index in [1.54, 1.807) is 0 Å². The van der Waals surface area contributed by atoms with Gasteiger partial charge in [-0.25, -0.2) is 0 Å². The lowest BCUT2D eigenvalue weighted by Gasteiger charge is -2.44. The maximum atomic E-state index is 11.1. The highest BCUT2D eigenvalue weighted by molar-refractivity contribution is 6.06. The van der Waals surface area contributed by atoms with E-state index < -0.39 is 0 Å². The number of fused-ring (bicyclic) bond motifs is 1. The second-order valence-corrected chi connectivity index (χ2v) is 4.13. The predicted molar refractivity (Wildman–Crippen MR) is 38.5 cm³/mol. The van der Waals surface area contributed by atoms with Gasteiger partial charge in [-0.05, 0) is 11.8 Å². The van der Waals surface area contributed by atoms with Crippen molar-refractivity contribution in [3.8, 4) is 0 Å². The average Bonchev–Trinajstić information content (AvgIpc) is 2.03. The molecule has 60 valence electrons. The molecule has 0 unspecified atom stereocenters. The van der Waals surface area contributed by atoms with Gasteiger partial charge in [-0.1, -0.05) is 13.8 Å². The van der Waals surface area contributed by atoms with Crippen LogP contribution in [0.25, 0.3) is 0 Å². The van der Waals surface area contributed by atoms with Gasteiger partial charge in [0.25, 0.3) is 0 Å². The van der Waals surface area contributed by atoms with E-state index in [0.717, 1.165) is 6.42 Å². The van der Waals surface area contributed by atoms with E-state index in [-0.39, 0.29) is 29.1 Å². The van der Waals surface area contributed by atoms with Gasteiger partial charge >= 0.3 is 0 Å². The second-order valence-electron chi connectivity index (χ2n) is 4.13. The molecule has 0 radical (unpaired) electrons. The fourth-order valence-electron chi connectivity index (χ4n) is 2.27. The zero-order valence-electron chi connectivity index (χ0n) is 6.68. The first-order valence-corrected chi connectivity index (χ1v) is 3.87.